The van der Waals surface area contributed by atoms with Crippen molar-refractivity contribution >= 4 is 37.6 Å². The van der Waals surface area contributed by atoms with Gasteiger partial charge >= 0.3 is 17.1 Å². The van der Waals surface area contributed by atoms with Crippen LogP contribution in [0.15, 0.2) is 0 Å². The maximum absolute atomic E-state index is 6.14. The summed E-state index contributed by atoms with van der Waals surface area (Å²) in [6.07, 6.45) is 1.11. The first-order chi connectivity index (χ1) is 6.89. The summed E-state index contributed by atoms with van der Waals surface area (Å²) >= 11 is 0. The fourth-order valence-corrected chi connectivity index (χ4v) is 11.1. The van der Waals surface area contributed by atoms with E-state index in [0.29, 0.717) is 0 Å². The van der Waals surface area contributed by atoms with Gasteiger partial charge in [-0.2, -0.15) is 0 Å². The molecular weight excluding hydrogens is 260 g/mol. The van der Waals surface area contributed by atoms with E-state index in [9.17, 15) is 0 Å². The van der Waals surface area contributed by atoms with Crippen molar-refractivity contribution in [3.05, 3.63) is 0 Å². The molecule has 0 aromatic heterocycles. The lowest BCUT2D eigenvalue weighted by Crippen LogP contribution is -2.50. The molecule has 0 aliphatic carbocycles. The van der Waals surface area contributed by atoms with Gasteiger partial charge in [0.2, 0.25) is 0 Å². The first-order valence-electron chi connectivity index (χ1n) is 5.27. The predicted molar refractivity (Wildman–Crippen MR) is 72.9 cm³/mol. The van der Waals surface area contributed by atoms with E-state index >= 15 is 0 Å². The molecule has 8 heteroatoms. The first-order valence-corrected chi connectivity index (χ1v) is 12.6. The molecule has 0 saturated heterocycles. The van der Waals surface area contributed by atoms with Gasteiger partial charge in [-0.25, -0.2) is 0 Å². The lowest BCUT2D eigenvalue weighted by atomic mass is 10.6. The van der Waals surface area contributed by atoms with Crippen LogP contribution in [0.1, 0.15) is 13.3 Å². The van der Waals surface area contributed by atoms with E-state index in [0.717, 1.165) is 23.0 Å². The summed E-state index contributed by atoms with van der Waals surface area (Å²) in [5.41, 5.74) is 0. The lowest BCUT2D eigenvalue weighted by molar-refractivity contribution is 0.300. The summed E-state index contributed by atoms with van der Waals surface area (Å²) in [5, 5.41) is 0. The maximum Gasteiger partial charge on any atom is 0.315 e. The smallest absolute Gasteiger partial charge is 0.315 e. The molecule has 0 radical (unpaired) electrons. The zero-order valence-corrected chi connectivity index (χ0v) is 16.2. The highest BCUT2D eigenvalue weighted by atomic mass is 28.5. The molecule has 15 heavy (non-hydrogen) atoms. The van der Waals surface area contributed by atoms with E-state index < -0.39 is 27.1 Å². The van der Waals surface area contributed by atoms with Crippen molar-refractivity contribution in [2.24, 2.45) is 0 Å². The molecule has 0 N–H and O–H groups in total. The summed E-state index contributed by atoms with van der Waals surface area (Å²) in [7, 11) is -2.40. The molecule has 1 atom stereocenters. The summed E-state index contributed by atoms with van der Waals surface area (Å²) in [4.78, 5) is 0. The topological polar surface area (TPSA) is 36.9 Å². The molecule has 0 heterocycles. The Morgan fingerprint density at radius 2 is 1.87 bits per heavy atom. The van der Waals surface area contributed by atoms with Crippen LogP contribution in [0.5, 0.6) is 0 Å². The molecule has 0 rings (SSSR count). The van der Waals surface area contributed by atoms with Crippen molar-refractivity contribution in [1.82, 2.24) is 0 Å². The third-order valence-corrected chi connectivity index (χ3v) is 14.2. The Morgan fingerprint density at radius 3 is 2.27 bits per heavy atom. The van der Waals surface area contributed by atoms with Gasteiger partial charge in [0.25, 0.3) is 10.0 Å². The second-order valence-electron chi connectivity index (χ2n) is 4.14. The van der Waals surface area contributed by atoms with Crippen LogP contribution in [-0.2, 0) is 16.8 Å². The molecule has 0 spiro atoms. The fourth-order valence-electron chi connectivity index (χ4n) is 1.40. The molecule has 0 aliphatic rings. The summed E-state index contributed by atoms with van der Waals surface area (Å²) in [6, 6.07) is 1.05. The average Bonchev–Trinajstić information content (AvgIpc) is 2.14. The predicted octanol–water partition coefficient (Wildman–Crippen LogP) is 0.146. The lowest BCUT2D eigenvalue weighted by Gasteiger charge is -2.34. The normalized spacial score (nSPS) is 17.4. The van der Waals surface area contributed by atoms with Gasteiger partial charge in [0.1, 0.15) is 10.5 Å². The minimum Gasteiger partial charge on any atom is -0.445 e. The largest absolute Gasteiger partial charge is 0.445 e. The fraction of sp³-hybridized carbons (Fsp3) is 1.00. The Balaban J connectivity index is 4.25. The van der Waals surface area contributed by atoms with E-state index in [4.69, 9.17) is 16.8 Å². The van der Waals surface area contributed by atoms with Gasteiger partial charge in [0.15, 0.2) is 0 Å². The maximum atomic E-state index is 6.14. The molecule has 0 saturated carbocycles. The molecule has 0 aromatic rings. The van der Waals surface area contributed by atoms with E-state index in [1.54, 1.807) is 7.11 Å². The minimum atomic E-state index is -2.02. The van der Waals surface area contributed by atoms with E-state index in [1.807, 2.05) is 0 Å². The molecule has 0 amide bonds. The highest BCUT2D eigenvalue weighted by Crippen LogP contribution is 2.20. The van der Waals surface area contributed by atoms with E-state index in [1.165, 1.54) is 0 Å². The van der Waals surface area contributed by atoms with Crippen molar-refractivity contribution in [2.45, 2.75) is 39.0 Å². The quantitative estimate of drug-likeness (QED) is 0.595. The highest BCUT2D eigenvalue weighted by molar-refractivity contribution is 6.82. The third-order valence-electron chi connectivity index (χ3n) is 2.12. The van der Waals surface area contributed by atoms with Crippen molar-refractivity contribution in [1.29, 1.82) is 0 Å². The van der Waals surface area contributed by atoms with Crippen molar-refractivity contribution in [3.8, 4) is 0 Å². The van der Waals surface area contributed by atoms with Crippen LogP contribution in [0.3, 0.4) is 0 Å². The SMILES string of the molecule is CCC[Si](C)(O[SiH3])O[Si](C)(C)O[SiH2]OC. The molecule has 0 aliphatic heterocycles. The van der Waals surface area contributed by atoms with Gasteiger partial charge in [0, 0.05) is 7.11 Å². The molecule has 0 fully saturated rings. The van der Waals surface area contributed by atoms with Crippen LogP contribution in [0.25, 0.3) is 0 Å². The Labute approximate surface area is 101 Å². The van der Waals surface area contributed by atoms with Gasteiger partial charge in [-0.3, -0.25) is 0 Å². The second-order valence-corrected chi connectivity index (χ2v) is 14.1. The van der Waals surface area contributed by atoms with Gasteiger partial charge in [-0.1, -0.05) is 13.3 Å². The highest BCUT2D eigenvalue weighted by Gasteiger charge is 2.38. The Hall–Kier alpha value is 0.708. The van der Waals surface area contributed by atoms with Crippen LogP contribution in [0, 0.1) is 0 Å². The van der Waals surface area contributed by atoms with E-state index in [-0.39, 0.29) is 0 Å². The zero-order valence-electron chi connectivity index (χ0n) is 10.8. The third kappa shape index (κ3) is 6.79. The minimum absolute atomic E-state index is 0.743. The number of rotatable bonds is 8. The number of hydrogen-bond acceptors (Lipinski definition) is 4. The molecule has 92 valence electrons. The first kappa shape index (κ1) is 15.7. The monoisotopic (exact) mass is 284 g/mol. The molecule has 4 nitrogen and oxygen atoms in total. The Morgan fingerprint density at radius 1 is 1.27 bits per heavy atom. The second kappa shape index (κ2) is 7.12. The van der Waals surface area contributed by atoms with Crippen molar-refractivity contribution in [2.75, 3.05) is 7.11 Å². The van der Waals surface area contributed by atoms with Crippen LogP contribution < -0.4 is 0 Å². The van der Waals surface area contributed by atoms with Crippen LogP contribution in [0.4, 0.5) is 0 Å². The van der Waals surface area contributed by atoms with Crippen molar-refractivity contribution in [3.63, 3.8) is 0 Å². The van der Waals surface area contributed by atoms with E-state index in [2.05, 4.69) is 26.6 Å². The van der Waals surface area contributed by atoms with Crippen LogP contribution in [0.2, 0.25) is 25.7 Å². The van der Waals surface area contributed by atoms with Crippen LogP contribution in [-0.4, -0.2) is 44.7 Å². The molecular formula is C7H24O4Si4. The number of hydrogen-bond donors (Lipinski definition) is 0. The summed E-state index contributed by atoms with van der Waals surface area (Å²) in [6.45, 7) is 8.44. The summed E-state index contributed by atoms with van der Waals surface area (Å²) in [5.74, 6) is 0. The summed E-state index contributed by atoms with van der Waals surface area (Å²) < 4.78 is 22.6. The van der Waals surface area contributed by atoms with Crippen LogP contribution >= 0.6 is 0 Å². The van der Waals surface area contributed by atoms with Gasteiger partial charge in [0.05, 0.1) is 0 Å². The van der Waals surface area contributed by atoms with Gasteiger partial charge < -0.3 is 16.8 Å². The average molecular weight is 285 g/mol. The van der Waals surface area contributed by atoms with Gasteiger partial charge in [-0.05, 0) is 25.7 Å². The molecule has 0 bridgehead atoms. The van der Waals surface area contributed by atoms with Gasteiger partial charge in [-0.15, -0.1) is 0 Å². The Kier molecular flexibility index (Phi) is 7.45. The van der Waals surface area contributed by atoms with Crippen molar-refractivity contribution < 1.29 is 16.8 Å². The Bertz CT molecular complexity index is 180. The standard InChI is InChI=1S/C7H24O4Si4/c1-6-7-15(5,9-12)11-14(3,4)10-13-8-2/h6-7,13H2,1-5,12H3. The molecule has 1 unspecified atom stereocenters. The zero-order chi connectivity index (χ0) is 11.9. The molecule has 0 aromatic carbocycles.